The molecule has 8 nitrogen and oxygen atoms in total. The summed E-state index contributed by atoms with van der Waals surface area (Å²) in [6, 6.07) is 15.0. The minimum atomic E-state index is -0.234. The Hall–Kier alpha value is -3.68. The number of ether oxygens (including phenoxy) is 1. The molecule has 1 fully saturated rings. The molecule has 0 saturated carbocycles. The maximum atomic E-state index is 12.8. The van der Waals surface area contributed by atoms with Gasteiger partial charge in [-0.05, 0) is 56.2 Å². The van der Waals surface area contributed by atoms with Crippen LogP contribution in [0.1, 0.15) is 34.6 Å². The lowest BCUT2D eigenvalue weighted by atomic mass is 9.96. The number of aromatic nitrogens is 3. The van der Waals surface area contributed by atoms with Crippen molar-refractivity contribution < 1.29 is 14.3 Å². The molecule has 166 valence electrons. The normalized spacial score (nSPS) is 15.9. The molecule has 0 spiro atoms. The van der Waals surface area contributed by atoms with Crippen molar-refractivity contribution >= 4 is 11.8 Å². The molecule has 8 heteroatoms. The Morgan fingerprint density at radius 2 is 1.91 bits per heavy atom. The lowest BCUT2D eigenvalue weighted by Gasteiger charge is -2.32. The summed E-state index contributed by atoms with van der Waals surface area (Å²) in [7, 11) is 1.62. The number of H-pyrrole nitrogens is 1. The van der Waals surface area contributed by atoms with Crippen LogP contribution >= 0.6 is 0 Å². The molecule has 2 amide bonds. The summed E-state index contributed by atoms with van der Waals surface area (Å²) in [5.41, 5.74) is 2.63. The highest BCUT2D eigenvalue weighted by Gasteiger charge is 2.29. The Bertz CT molecular complexity index is 1080. The number of nitrogens with zero attached hydrogens (tertiary/aromatic N) is 3. The van der Waals surface area contributed by atoms with Crippen LogP contribution in [0, 0.1) is 12.8 Å². The van der Waals surface area contributed by atoms with Gasteiger partial charge in [-0.1, -0.05) is 17.7 Å². The molecule has 2 aromatic carbocycles. The molecule has 0 aliphatic carbocycles. The van der Waals surface area contributed by atoms with Gasteiger partial charge in [0.25, 0.3) is 5.91 Å². The van der Waals surface area contributed by atoms with Crippen LogP contribution in [-0.4, -0.2) is 52.1 Å². The third-order valence-corrected chi connectivity index (χ3v) is 5.69. The van der Waals surface area contributed by atoms with Gasteiger partial charge >= 0.3 is 0 Å². The number of piperidine rings is 1. The number of hydrogen-bond donors (Lipinski definition) is 2. The van der Waals surface area contributed by atoms with E-state index in [0.29, 0.717) is 30.3 Å². The molecule has 0 radical (unpaired) electrons. The van der Waals surface area contributed by atoms with E-state index in [-0.39, 0.29) is 24.3 Å². The summed E-state index contributed by atoms with van der Waals surface area (Å²) in [5, 5.41) is 10.0. The van der Waals surface area contributed by atoms with Gasteiger partial charge in [-0.25, -0.2) is 4.98 Å². The van der Waals surface area contributed by atoms with Gasteiger partial charge in [0.1, 0.15) is 11.6 Å². The summed E-state index contributed by atoms with van der Waals surface area (Å²) < 4.78 is 5.16. The van der Waals surface area contributed by atoms with Gasteiger partial charge < -0.3 is 15.0 Å². The molecule has 4 rings (SSSR count). The first-order valence-electron chi connectivity index (χ1n) is 10.7. The molecule has 2 heterocycles. The Morgan fingerprint density at radius 3 is 2.62 bits per heavy atom. The summed E-state index contributed by atoms with van der Waals surface area (Å²) in [5.74, 6) is 1.56. The van der Waals surface area contributed by atoms with Gasteiger partial charge in [-0.2, -0.15) is 5.10 Å². The van der Waals surface area contributed by atoms with E-state index in [1.165, 1.54) is 0 Å². The minimum Gasteiger partial charge on any atom is -0.497 e. The van der Waals surface area contributed by atoms with Crippen molar-refractivity contribution in [2.24, 2.45) is 5.92 Å². The molecule has 1 saturated heterocycles. The van der Waals surface area contributed by atoms with E-state index >= 15 is 0 Å². The van der Waals surface area contributed by atoms with E-state index in [9.17, 15) is 9.59 Å². The van der Waals surface area contributed by atoms with E-state index in [1.54, 1.807) is 12.0 Å². The Morgan fingerprint density at radius 1 is 1.16 bits per heavy atom. The number of aryl methyl sites for hydroxylation is 1. The number of carbonyl (C=O) groups is 2. The fourth-order valence-corrected chi connectivity index (χ4v) is 3.81. The van der Waals surface area contributed by atoms with Gasteiger partial charge in [0.15, 0.2) is 5.82 Å². The molecule has 3 aromatic rings. The summed E-state index contributed by atoms with van der Waals surface area (Å²) in [4.78, 5) is 31.8. The fraction of sp³-hybridized carbons (Fsp3) is 0.333. The second-order valence-electron chi connectivity index (χ2n) is 8.01. The maximum Gasteiger partial charge on any atom is 0.253 e. The number of carbonyl (C=O) groups excluding carboxylic acids is 2. The zero-order chi connectivity index (χ0) is 22.5. The standard InChI is InChI=1S/C24H27N5O3/c1-16-5-7-18(8-6-16)24(31)29-13-3-4-19(15-29)23(30)25-14-21-26-22(28-27-21)17-9-11-20(32-2)12-10-17/h5-12,19H,3-4,13-15H2,1-2H3,(H,25,30)(H,26,27,28). The molecule has 32 heavy (non-hydrogen) atoms. The van der Waals surface area contributed by atoms with Crippen LogP contribution in [0.5, 0.6) is 5.75 Å². The first kappa shape index (κ1) is 21.5. The van der Waals surface area contributed by atoms with Crippen molar-refractivity contribution in [1.29, 1.82) is 0 Å². The minimum absolute atomic E-state index is 0.0260. The second-order valence-corrected chi connectivity index (χ2v) is 8.01. The second kappa shape index (κ2) is 9.64. The van der Waals surface area contributed by atoms with Crippen LogP contribution in [0.4, 0.5) is 0 Å². The average Bonchev–Trinajstić information content (AvgIpc) is 3.32. The van der Waals surface area contributed by atoms with Crippen LogP contribution in [0.15, 0.2) is 48.5 Å². The van der Waals surface area contributed by atoms with Crippen molar-refractivity contribution in [3.05, 3.63) is 65.5 Å². The topological polar surface area (TPSA) is 100 Å². The third-order valence-electron chi connectivity index (χ3n) is 5.69. The van der Waals surface area contributed by atoms with Gasteiger partial charge in [-0.15, -0.1) is 0 Å². The van der Waals surface area contributed by atoms with Crippen molar-refractivity contribution in [3.63, 3.8) is 0 Å². The number of amides is 2. The summed E-state index contributed by atoms with van der Waals surface area (Å²) >= 11 is 0. The molecule has 1 aliphatic rings. The molecule has 1 atom stereocenters. The largest absolute Gasteiger partial charge is 0.497 e. The maximum absolute atomic E-state index is 12.8. The van der Waals surface area contributed by atoms with Gasteiger partial charge in [0.2, 0.25) is 5.91 Å². The Kier molecular flexibility index (Phi) is 6.49. The monoisotopic (exact) mass is 433 g/mol. The van der Waals surface area contributed by atoms with Crippen molar-refractivity contribution in [2.75, 3.05) is 20.2 Å². The fourth-order valence-electron chi connectivity index (χ4n) is 3.81. The van der Waals surface area contributed by atoms with Crippen LogP contribution < -0.4 is 10.1 Å². The molecule has 2 N–H and O–H groups in total. The van der Waals surface area contributed by atoms with Crippen molar-refractivity contribution in [3.8, 4) is 17.1 Å². The lowest BCUT2D eigenvalue weighted by Crippen LogP contribution is -2.45. The predicted molar refractivity (Wildman–Crippen MR) is 120 cm³/mol. The molecular weight excluding hydrogens is 406 g/mol. The molecule has 1 unspecified atom stereocenters. The number of nitrogens with one attached hydrogen (secondary N) is 2. The number of aromatic amines is 1. The van der Waals surface area contributed by atoms with Gasteiger partial charge in [0.05, 0.1) is 19.6 Å². The zero-order valence-corrected chi connectivity index (χ0v) is 18.3. The highest BCUT2D eigenvalue weighted by Crippen LogP contribution is 2.20. The van der Waals surface area contributed by atoms with Crippen LogP contribution in [0.2, 0.25) is 0 Å². The van der Waals surface area contributed by atoms with Crippen molar-refractivity contribution in [2.45, 2.75) is 26.3 Å². The number of benzene rings is 2. The summed E-state index contributed by atoms with van der Waals surface area (Å²) in [6.45, 7) is 3.34. The number of methoxy groups -OCH3 is 1. The van der Waals surface area contributed by atoms with E-state index in [1.807, 2.05) is 55.5 Å². The zero-order valence-electron chi connectivity index (χ0n) is 18.3. The molecule has 0 bridgehead atoms. The summed E-state index contributed by atoms with van der Waals surface area (Å²) in [6.07, 6.45) is 1.57. The van der Waals surface area contributed by atoms with Gasteiger partial charge in [-0.3, -0.25) is 14.7 Å². The number of rotatable bonds is 6. The highest BCUT2D eigenvalue weighted by molar-refractivity contribution is 5.94. The molecule has 1 aromatic heterocycles. The molecular formula is C24H27N5O3. The first-order chi connectivity index (χ1) is 15.5. The smallest absolute Gasteiger partial charge is 0.253 e. The number of hydrogen-bond acceptors (Lipinski definition) is 5. The van der Waals surface area contributed by atoms with Crippen LogP contribution in [0.25, 0.3) is 11.4 Å². The number of likely N-dealkylation sites (tertiary alicyclic amines) is 1. The van der Waals surface area contributed by atoms with Crippen LogP contribution in [0.3, 0.4) is 0 Å². The molecule has 1 aliphatic heterocycles. The van der Waals surface area contributed by atoms with Gasteiger partial charge in [0, 0.05) is 24.2 Å². The predicted octanol–water partition coefficient (Wildman–Crippen LogP) is 2.96. The first-order valence-corrected chi connectivity index (χ1v) is 10.7. The SMILES string of the molecule is COc1ccc(-c2n[nH]c(CNC(=O)C3CCCN(C(=O)c4ccc(C)cc4)C3)n2)cc1. The average molecular weight is 434 g/mol. The van der Waals surface area contributed by atoms with Crippen molar-refractivity contribution in [1.82, 2.24) is 25.4 Å². The van der Waals surface area contributed by atoms with E-state index in [0.717, 1.165) is 29.7 Å². The Balaban J connectivity index is 1.32. The van der Waals surface area contributed by atoms with E-state index < -0.39 is 0 Å². The van der Waals surface area contributed by atoms with E-state index in [4.69, 9.17) is 4.74 Å². The van der Waals surface area contributed by atoms with E-state index in [2.05, 4.69) is 20.5 Å². The van der Waals surface area contributed by atoms with Crippen LogP contribution in [-0.2, 0) is 11.3 Å². The third kappa shape index (κ3) is 4.96. The quantitative estimate of drug-likeness (QED) is 0.623. The Labute approximate surface area is 187 Å². The highest BCUT2D eigenvalue weighted by atomic mass is 16.5. The lowest BCUT2D eigenvalue weighted by molar-refractivity contribution is -0.126.